The molecule has 7 heteroatoms. The standard InChI is InChI=1S/C13H18ClFN2O3/c1-4-20-7-12(8(2)3)16-11-5-9(14)10(15)6-13(11)17(18)19/h5-6,8,12,16H,4,7H2,1-3H3. The number of anilines is 1. The lowest BCUT2D eigenvalue weighted by atomic mass is 10.0. The number of ether oxygens (including phenoxy) is 1. The van der Waals surface area contributed by atoms with Gasteiger partial charge >= 0.3 is 0 Å². The van der Waals surface area contributed by atoms with Gasteiger partial charge in [0.05, 0.1) is 28.7 Å². The van der Waals surface area contributed by atoms with E-state index in [-0.39, 0.29) is 28.4 Å². The highest BCUT2D eigenvalue weighted by Crippen LogP contribution is 2.31. The molecule has 1 unspecified atom stereocenters. The zero-order chi connectivity index (χ0) is 15.3. The molecule has 1 aromatic carbocycles. The maximum Gasteiger partial charge on any atom is 0.295 e. The molecule has 0 bridgehead atoms. The van der Waals surface area contributed by atoms with E-state index in [0.717, 1.165) is 6.07 Å². The summed E-state index contributed by atoms with van der Waals surface area (Å²) in [5, 5.41) is 13.8. The van der Waals surface area contributed by atoms with Gasteiger partial charge in [0.1, 0.15) is 11.5 Å². The van der Waals surface area contributed by atoms with Crippen LogP contribution in [-0.4, -0.2) is 24.2 Å². The highest BCUT2D eigenvalue weighted by atomic mass is 35.5. The second kappa shape index (κ2) is 7.40. The lowest BCUT2D eigenvalue weighted by molar-refractivity contribution is -0.384. The zero-order valence-corrected chi connectivity index (χ0v) is 12.4. The van der Waals surface area contributed by atoms with Crippen molar-refractivity contribution in [1.29, 1.82) is 0 Å². The largest absolute Gasteiger partial charge is 0.380 e. The molecule has 0 aromatic heterocycles. The van der Waals surface area contributed by atoms with Crippen LogP contribution in [0.25, 0.3) is 0 Å². The van der Waals surface area contributed by atoms with Crippen LogP contribution in [-0.2, 0) is 4.74 Å². The molecule has 5 nitrogen and oxygen atoms in total. The minimum absolute atomic E-state index is 0.129. The summed E-state index contributed by atoms with van der Waals surface area (Å²) in [5.41, 5.74) is -0.145. The number of halogens is 2. The van der Waals surface area contributed by atoms with Crippen LogP contribution in [0, 0.1) is 21.8 Å². The molecule has 1 aromatic rings. The molecule has 0 saturated heterocycles. The minimum atomic E-state index is -0.810. The first-order valence-electron chi connectivity index (χ1n) is 6.34. The molecule has 112 valence electrons. The number of hydrogen-bond donors (Lipinski definition) is 1. The van der Waals surface area contributed by atoms with E-state index < -0.39 is 10.7 Å². The molecule has 1 N–H and O–H groups in total. The van der Waals surface area contributed by atoms with Gasteiger partial charge in [-0.2, -0.15) is 0 Å². The molecule has 1 atom stereocenters. The molecule has 20 heavy (non-hydrogen) atoms. The molecule has 0 fully saturated rings. The second-order valence-corrected chi connectivity index (χ2v) is 5.10. The summed E-state index contributed by atoms with van der Waals surface area (Å²) in [4.78, 5) is 10.3. The highest BCUT2D eigenvalue weighted by molar-refractivity contribution is 6.31. The van der Waals surface area contributed by atoms with Crippen LogP contribution < -0.4 is 5.32 Å². The SMILES string of the molecule is CCOCC(Nc1cc(Cl)c(F)cc1[N+](=O)[O-])C(C)C. The minimum Gasteiger partial charge on any atom is -0.380 e. The molecule has 0 radical (unpaired) electrons. The number of nitro groups is 1. The van der Waals surface area contributed by atoms with Crippen LogP contribution in [0.4, 0.5) is 15.8 Å². The van der Waals surface area contributed by atoms with E-state index in [2.05, 4.69) is 5.32 Å². The van der Waals surface area contributed by atoms with E-state index in [1.807, 2.05) is 20.8 Å². The smallest absolute Gasteiger partial charge is 0.295 e. The predicted octanol–water partition coefficient (Wildman–Crippen LogP) is 3.86. The van der Waals surface area contributed by atoms with Gasteiger partial charge in [0.15, 0.2) is 0 Å². The van der Waals surface area contributed by atoms with Gasteiger partial charge in [-0.3, -0.25) is 10.1 Å². The van der Waals surface area contributed by atoms with Gasteiger partial charge in [0.2, 0.25) is 0 Å². The molecule has 0 amide bonds. The average Bonchev–Trinajstić information content (AvgIpc) is 2.37. The van der Waals surface area contributed by atoms with Crippen LogP contribution in [0.3, 0.4) is 0 Å². The van der Waals surface area contributed by atoms with Crippen molar-refractivity contribution in [2.75, 3.05) is 18.5 Å². The van der Waals surface area contributed by atoms with Crippen LogP contribution >= 0.6 is 11.6 Å². The van der Waals surface area contributed by atoms with Gasteiger partial charge in [0, 0.05) is 6.61 Å². The summed E-state index contributed by atoms with van der Waals surface area (Å²) in [6.45, 7) is 6.76. The van der Waals surface area contributed by atoms with Gasteiger partial charge in [0.25, 0.3) is 5.69 Å². The summed E-state index contributed by atoms with van der Waals surface area (Å²) in [6.07, 6.45) is 0. The first kappa shape index (κ1) is 16.7. The summed E-state index contributed by atoms with van der Waals surface area (Å²) >= 11 is 5.69. The Labute approximate surface area is 122 Å². The second-order valence-electron chi connectivity index (χ2n) is 4.69. The molecule has 0 aliphatic carbocycles. The third kappa shape index (κ3) is 4.31. The monoisotopic (exact) mass is 304 g/mol. The van der Waals surface area contributed by atoms with Crippen molar-refractivity contribution in [2.45, 2.75) is 26.8 Å². The lowest BCUT2D eigenvalue weighted by Crippen LogP contribution is -2.31. The van der Waals surface area contributed by atoms with E-state index in [4.69, 9.17) is 16.3 Å². The third-order valence-electron chi connectivity index (χ3n) is 2.88. The normalized spacial score (nSPS) is 12.5. The first-order chi connectivity index (χ1) is 9.36. The van der Waals surface area contributed by atoms with Crippen molar-refractivity contribution in [3.63, 3.8) is 0 Å². The Balaban J connectivity index is 3.04. The van der Waals surface area contributed by atoms with Gasteiger partial charge in [-0.05, 0) is 18.9 Å². The van der Waals surface area contributed by atoms with Crippen LogP contribution in [0.5, 0.6) is 0 Å². The number of rotatable bonds is 7. The third-order valence-corrected chi connectivity index (χ3v) is 3.17. The molecule has 0 aliphatic rings. The summed E-state index contributed by atoms with van der Waals surface area (Å²) in [5.74, 6) is -0.625. The molecule has 0 spiro atoms. The van der Waals surface area contributed by atoms with Crippen molar-refractivity contribution in [3.05, 3.63) is 33.1 Å². The molecule has 0 saturated carbocycles. The number of nitrogens with zero attached hydrogens (tertiary/aromatic N) is 1. The van der Waals surface area contributed by atoms with Crippen molar-refractivity contribution < 1.29 is 14.1 Å². The van der Waals surface area contributed by atoms with E-state index in [1.54, 1.807) is 0 Å². The fourth-order valence-electron chi connectivity index (χ4n) is 1.65. The number of nitrogens with one attached hydrogen (secondary N) is 1. The summed E-state index contributed by atoms with van der Waals surface area (Å²) in [6, 6.07) is 1.93. The average molecular weight is 305 g/mol. The summed E-state index contributed by atoms with van der Waals surface area (Å²) in [7, 11) is 0. The van der Waals surface area contributed by atoms with E-state index in [1.165, 1.54) is 6.07 Å². The fraction of sp³-hybridized carbons (Fsp3) is 0.538. The Hall–Kier alpha value is -1.40. The first-order valence-corrected chi connectivity index (χ1v) is 6.72. The topological polar surface area (TPSA) is 64.4 Å². The van der Waals surface area contributed by atoms with Crippen LogP contribution in [0.1, 0.15) is 20.8 Å². The Kier molecular flexibility index (Phi) is 6.16. The Bertz CT molecular complexity index is 483. The maximum absolute atomic E-state index is 13.3. The molecular formula is C13H18ClFN2O3. The van der Waals surface area contributed by atoms with Crippen molar-refractivity contribution in [1.82, 2.24) is 0 Å². The number of nitro benzene ring substituents is 1. The van der Waals surface area contributed by atoms with Gasteiger partial charge in [-0.15, -0.1) is 0 Å². The number of benzene rings is 1. The maximum atomic E-state index is 13.3. The van der Waals surface area contributed by atoms with E-state index >= 15 is 0 Å². The zero-order valence-electron chi connectivity index (χ0n) is 11.7. The predicted molar refractivity (Wildman–Crippen MR) is 76.8 cm³/mol. The van der Waals surface area contributed by atoms with Crippen molar-refractivity contribution in [3.8, 4) is 0 Å². The highest BCUT2D eigenvalue weighted by Gasteiger charge is 2.22. The van der Waals surface area contributed by atoms with Gasteiger partial charge in [-0.25, -0.2) is 4.39 Å². The van der Waals surface area contributed by atoms with Gasteiger partial charge < -0.3 is 10.1 Å². The lowest BCUT2D eigenvalue weighted by Gasteiger charge is -2.23. The van der Waals surface area contributed by atoms with Crippen LogP contribution in [0.15, 0.2) is 12.1 Å². The Morgan fingerprint density at radius 2 is 2.15 bits per heavy atom. The van der Waals surface area contributed by atoms with Crippen molar-refractivity contribution in [2.24, 2.45) is 5.92 Å². The molecule has 1 rings (SSSR count). The molecule has 0 heterocycles. The number of hydrogen-bond acceptors (Lipinski definition) is 4. The fourth-order valence-corrected chi connectivity index (χ4v) is 1.81. The quantitative estimate of drug-likeness (QED) is 0.613. The van der Waals surface area contributed by atoms with E-state index in [0.29, 0.717) is 13.2 Å². The molecule has 0 aliphatic heterocycles. The van der Waals surface area contributed by atoms with Crippen LogP contribution in [0.2, 0.25) is 5.02 Å². The van der Waals surface area contributed by atoms with Gasteiger partial charge in [-0.1, -0.05) is 25.4 Å². The Morgan fingerprint density at radius 1 is 1.50 bits per heavy atom. The molecular weight excluding hydrogens is 287 g/mol. The summed E-state index contributed by atoms with van der Waals surface area (Å²) < 4.78 is 18.7. The Morgan fingerprint density at radius 3 is 2.65 bits per heavy atom. The van der Waals surface area contributed by atoms with E-state index in [9.17, 15) is 14.5 Å². The van der Waals surface area contributed by atoms with Crippen molar-refractivity contribution >= 4 is 23.0 Å².